The van der Waals surface area contributed by atoms with E-state index in [0.717, 1.165) is 50.8 Å². The topological polar surface area (TPSA) is 93.5 Å². The Labute approximate surface area is 188 Å². The van der Waals surface area contributed by atoms with Gasteiger partial charge in [-0.1, -0.05) is 0 Å². The minimum absolute atomic E-state index is 0. The maximum Gasteiger partial charge on any atom is 0.247 e. The zero-order chi connectivity index (χ0) is 21.9. The molecule has 10 nitrogen and oxygen atoms in total. The highest BCUT2D eigenvalue weighted by molar-refractivity contribution is 5.64. The molecule has 2 fully saturated rings. The maximum atomic E-state index is 5.34. The minimum atomic E-state index is 0. The van der Waals surface area contributed by atoms with Crippen molar-refractivity contribution in [2.45, 2.75) is 19.6 Å². The molecule has 170 valence electrons. The van der Waals surface area contributed by atoms with Gasteiger partial charge in [-0.05, 0) is 30.7 Å². The standard InChI is InChI=1S/C22H28N8O2.H2/c1-16-7-17(9-19(8-16)28-3-5-29(6-4-28)20-12-32-13-20)26-22-25-15-30(27-22)21-10-18(11-31-2)23-14-24-21;/h7-10,14-15,20H,3-6,11-13H2,1-2H3,(H,26,27);1H. The van der Waals surface area contributed by atoms with Crippen LogP contribution >= 0.6 is 0 Å². The minimum Gasteiger partial charge on any atom is -0.378 e. The molecule has 0 amide bonds. The first-order chi connectivity index (χ1) is 15.7. The van der Waals surface area contributed by atoms with Gasteiger partial charge < -0.3 is 19.7 Å². The Morgan fingerprint density at radius 2 is 1.94 bits per heavy atom. The molecule has 10 heteroatoms. The Bertz CT molecular complexity index is 1070. The van der Waals surface area contributed by atoms with Crippen molar-refractivity contribution in [3.63, 3.8) is 0 Å². The van der Waals surface area contributed by atoms with Crippen LogP contribution < -0.4 is 10.2 Å². The summed E-state index contributed by atoms with van der Waals surface area (Å²) < 4.78 is 12.1. The predicted octanol–water partition coefficient (Wildman–Crippen LogP) is 2.02. The van der Waals surface area contributed by atoms with E-state index in [2.05, 4.69) is 60.3 Å². The Balaban J connectivity index is 0.00000259. The number of nitrogens with zero attached hydrogens (tertiary/aromatic N) is 7. The van der Waals surface area contributed by atoms with Gasteiger partial charge in [-0.3, -0.25) is 4.90 Å². The zero-order valence-electron chi connectivity index (χ0n) is 18.4. The van der Waals surface area contributed by atoms with Crippen LogP contribution in [0.4, 0.5) is 17.3 Å². The highest BCUT2D eigenvalue weighted by Gasteiger charge is 2.29. The van der Waals surface area contributed by atoms with Crippen molar-refractivity contribution in [1.29, 1.82) is 0 Å². The summed E-state index contributed by atoms with van der Waals surface area (Å²) >= 11 is 0. The summed E-state index contributed by atoms with van der Waals surface area (Å²) in [5.74, 6) is 1.16. The van der Waals surface area contributed by atoms with Crippen molar-refractivity contribution in [1.82, 2.24) is 29.6 Å². The smallest absolute Gasteiger partial charge is 0.247 e. The average molecular weight is 439 g/mol. The normalized spacial score (nSPS) is 17.4. The quantitative estimate of drug-likeness (QED) is 0.595. The lowest BCUT2D eigenvalue weighted by Crippen LogP contribution is -2.56. The number of aromatic nitrogens is 5. The molecular formula is C22H30N8O2. The first-order valence-corrected chi connectivity index (χ1v) is 10.9. The molecule has 0 saturated carbocycles. The highest BCUT2D eigenvalue weighted by atomic mass is 16.5. The number of methoxy groups -OCH3 is 1. The molecule has 0 aliphatic carbocycles. The van der Waals surface area contributed by atoms with E-state index in [-0.39, 0.29) is 1.43 Å². The SMILES string of the molecule is COCc1cc(-n2cnc(Nc3cc(C)cc(N4CCN(C5COC5)CC4)c3)n2)ncn1.[HH]. The third-order valence-corrected chi connectivity index (χ3v) is 5.86. The summed E-state index contributed by atoms with van der Waals surface area (Å²) in [6.07, 6.45) is 3.14. The molecule has 0 radical (unpaired) electrons. The summed E-state index contributed by atoms with van der Waals surface area (Å²) in [5.41, 5.74) is 4.17. The molecule has 2 aliphatic rings. The number of ether oxygens (including phenoxy) is 2. The molecule has 2 aliphatic heterocycles. The van der Waals surface area contributed by atoms with Gasteiger partial charge in [0.05, 0.1) is 31.6 Å². The second-order valence-corrected chi connectivity index (χ2v) is 8.21. The molecule has 3 aromatic rings. The largest absolute Gasteiger partial charge is 0.378 e. The fourth-order valence-corrected chi connectivity index (χ4v) is 4.09. The number of anilines is 3. The number of benzene rings is 1. The number of hydrogen-bond donors (Lipinski definition) is 1. The lowest BCUT2D eigenvalue weighted by molar-refractivity contribution is -0.0660. The first-order valence-electron chi connectivity index (χ1n) is 10.9. The molecule has 1 aromatic carbocycles. The van der Waals surface area contributed by atoms with Gasteiger partial charge >= 0.3 is 0 Å². The third kappa shape index (κ3) is 4.57. The summed E-state index contributed by atoms with van der Waals surface area (Å²) in [4.78, 5) is 17.8. The summed E-state index contributed by atoms with van der Waals surface area (Å²) in [6, 6.07) is 8.94. The van der Waals surface area contributed by atoms with Gasteiger partial charge in [0.25, 0.3) is 0 Å². The second kappa shape index (κ2) is 9.19. The van der Waals surface area contributed by atoms with E-state index < -0.39 is 0 Å². The van der Waals surface area contributed by atoms with E-state index in [1.807, 2.05) is 6.07 Å². The van der Waals surface area contributed by atoms with Crippen molar-refractivity contribution in [3.05, 3.63) is 48.2 Å². The molecule has 1 N–H and O–H groups in total. The van der Waals surface area contributed by atoms with Crippen molar-refractivity contribution in [2.24, 2.45) is 0 Å². The van der Waals surface area contributed by atoms with Gasteiger partial charge in [0.15, 0.2) is 5.82 Å². The van der Waals surface area contributed by atoms with Crippen LogP contribution in [0.5, 0.6) is 0 Å². The Hall–Kier alpha value is -3.08. The van der Waals surface area contributed by atoms with Crippen LogP contribution in [0.15, 0.2) is 36.9 Å². The molecule has 0 unspecified atom stereocenters. The summed E-state index contributed by atoms with van der Waals surface area (Å²) in [5, 5.41) is 7.86. The Kier molecular flexibility index (Phi) is 5.97. The molecule has 2 saturated heterocycles. The molecular weight excluding hydrogens is 408 g/mol. The van der Waals surface area contributed by atoms with Crippen molar-refractivity contribution < 1.29 is 10.9 Å². The number of hydrogen-bond acceptors (Lipinski definition) is 9. The van der Waals surface area contributed by atoms with E-state index in [1.165, 1.54) is 17.6 Å². The van der Waals surface area contributed by atoms with Gasteiger partial charge in [0.2, 0.25) is 5.95 Å². The average Bonchev–Trinajstić information content (AvgIpc) is 3.22. The number of nitrogens with one attached hydrogen (secondary N) is 1. The van der Waals surface area contributed by atoms with Gasteiger partial charge in [0.1, 0.15) is 12.7 Å². The third-order valence-electron chi connectivity index (χ3n) is 5.86. The van der Waals surface area contributed by atoms with Gasteiger partial charge in [-0.25, -0.2) is 14.6 Å². The zero-order valence-corrected chi connectivity index (χ0v) is 18.4. The molecule has 32 heavy (non-hydrogen) atoms. The lowest BCUT2D eigenvalue weighted by atomic mass is 10.1. The van der Waals surface area contributed by atoms with Crippen molar-refractivity contribution in [3.8, 4) is 5.82 Å². The fourth-order valence-electron chi connectivity index (χ4n) is 4.09. The van der Waals surface area contributed by atoms with Crippen LogP contribution in [0.1, 0.15) is 12.7 Å². The van der Waals surface area contributed by atoms with Crippen LogP contribution in [0.2, 0.25) is 0 Å². The fraction of sp³-hybridized carbons (Fsp3) is 0.455. The first kappa shape index (κ1) is 20.8. The van der Waals surface area contributed by atoms with Crippen LogP contribution in [-0.4, -0.2) is 82.2 Å². The van der Waals surface area contributed by atoms with Gasteiger partial charge in [-0.2, -0.15) is 4.98 Å². The molecule has 0 spiro atoms. The Morgan fingerprint density at radius 3 is 2.69 bits per heavy atom. The van der Waals surface area contributed by atoms with Crippen LogP contribution in [0.3, 0.4) is 0 Å². The maximum absolute atomic E-state index is 5.34. The number of piperazine rings is 1. The van der Waals surface area contributed by atoms with E-state index >= 15 is 0 Å². The van der Waals surface area contributed by atoms with Crippen molar-refractivity contribution in [2.75, 3.05) is 56.7 Å². The molecule has 0 atom stereocenters. The highest BCUT2D eigenvalue weighted by Crippen LogP contribution is 2.26. The number of aryl methyl sites for hydroxylation is 1. The molecule has 4 heterocycles. The molecule has 2 aromatic heterocycles. The van der Waals surface area contributed by atoms with Crippen LogP contribution in [0, 0.1) is 6.92 Å². The van der Waals surface area contributed by atoms with Gasteiger partial charge in [-0.15, -0.1) is 5.10 Å². The van der Waals surface area contributed by atoms with E-state index in [1.54, 1.807) is 18.1 Å². The second-order valence-electron chi connectivity index (χ2n) is 8.21. The number of rotatable bonds is 7. The van der Waals surface area contributed by atoms with Crippen LogP contribution in [0.25, 0.3) is 5.82 Å². The van der Waals surface area contributed by atoms with Gasteiger partial charge in [0, 0.05) is 52.2 Å². The van der Waals surface area contributed by atoms with E-state index in [9.17, 15) is 0 Å². The Morgan fingerprint density at radius 1 is 1.09 bits per heavy atom. The van der Waals surface area contributed by atoms with E-state index in [4.69, 9.17) is 9.47 Å². The summed E-state index contributed by atoms with van der Waals surface area (Å²) in [6.45, 7) is 8.46. The van der Waals surface area contributed by atoms with E-state index in [0.29, 0.717) is 24.4 Å². The molecule has 0 bridgehead atoms. The monoisotopic (exact) mass is 438 g/mol. The van der Waals surface area contributed by atoms with Crippen LogP contribution in [-0.2, 0) is 16.1 Å². The van der Waals surface area contributed by atoms with Crippen molar-refractivity contribution >= 4 is 17.3 Å². The summed E-state index contributed by atoms with van der Waals surface area (Å²) in [7, 11) is 1.64. The predicted molar refractivity (Wildman–Crippen MR) is 123 cm³/mol. The lowest BCUT2D eigenvalue weighted by Gasteiger charge is -2.43. The molecule has 5 rings (SSSR count).